The molecule has 0 aromatic heterocycles. The highest BCUT2D eigenvalue weighted by molar-refractivity contribution is 14.0. The lowest BCUT2D eigenvalue weighted by Gasteiger charge is -2.19. The van der Waals surface area contributed by atoms with Crippen molar-refractivity contribution in [1.29, 1.82) is 0 Å². The van der Waals surface area contributed by atoms with Crippen LogP contribution in [0.1, 0.15) is 25.0 Å². The molecule has 156 valence electrons. The molecule has 1 unspecified atom stereocenters. The molecule has 0 aliphatic carbocycles. The van der Waals surface area contributed by atoms with Crippen molar-refractivity contribution in [3.05, 3.63) is 35.6 Å². The van der Waals surface area contributed by atoms with Crippen LogP contribution in [0.4, 0.5) is 4.39 Å². The first-order valence-electron chi connectivity index (χ1n) is 9.08. The topological polar surface area (TPSA) is 58.1 Å². The van der Waals surface area contributed by atoms with Crippen LogP contribution in [0.15, 0.2) is 29.3 Å². The molecule has 0 radical (unpaired) electrons. The van der Waals surface area contributed by atoms with Gasteiger partial charge in [0.15, 0.2) is 5.96 Å². The highest BCUT2D eigenvalue weighted by atomic mass is 127. The van der Waals surface area contributed by atoms with E-state index in [1.807, 2.05) is 6.92 Å². The van der Waals surface area contributed by atoms with E-state index in [9.17, 15) is 4.39 Å². The summed E-state index contributed by atoms with van der Waals surface area (Å²) in [7, 11) is 5.45. The fourth-order valence-corrected chi connectivity index (χ4v) is 2.47. The Hall–Kier alpha value is -0.970. The molecule has 0 saturated carbocycles. The van der Waals surface area contributed by atoms with Gasteiger partial charge in [-0.25, -0.2) is 4.39 Å². The molecular formula is C19H34FIN4O2. The number of ether oxygens (including phenoxy) is 2. The third-order valence-corrected chi connectivity index (χ3v) is 3.96. The lowest BCUT2D eigenvalue weighted by Crippen LogP contribution is -2.41. The first-order chi connectivity index (χ1) is 12.6. The zero-order valence-corrected chi connectivity index (χ0v) is 19.2. The summed E-state index contributed by atoms with van der Waals surface area (Å²) in [4.78, 5) is 6.85. The summed E-state index contributed by atoms with van der Waals surface area (Å²) in [5.74, 6) is 0.499. The number of nitrogens with one attached hydrogen (secondary N) is 2. The van der Waals surface area contributed by atoms with E-state index in [0.29, 0.717) is 6.54 Å². The van der Waals surface area contributed by atoms with Gasteiger partial charge in [0.05, 0.1) is 6.54 Å². The molecule has 6 nitrogen and oxygen atoms in total. The van der Waals surface area contributed by atoms with E-state index in [0.717, 1.165) is 50.7 Å². The summed E-state index contributed by atoms with van der Waals surface area (Å²) in [5.41, 5.74) is 0.909. The van der Waals surface area contributed by atoms with Crippen LogP contribution < -0.4 is 10.6 Å². The fraction of sp³-hybridized carbons (Fsp3) is 0.632. The second-order valence-corrected chi connectivity index (χ2v) is 6.07. The van der Waals surface area contributed by atoms with Gasteiger partial charge in [-0.05, 0) is 38.1 Å². The van der Waals surface area contributed by atoms with Crippen molar-refractivity contribution in [2.45, 2.75) is 19.4 Å². The molecule has 0 amide bonds. The second-order valence-electron chi connectivity index (χ2n) is 6.07. The Morgan fingerprint density at radius 1 is 1.19 bits per heavy atom. The molecule has 1 rings (SSSR count). The molecule has 0 saturated heterocycles. The van der Waals surface area contributed by atoms with Crippen LogP contribution >= 0.6 is 24.0 Å². The lowest BCUT2D eigenvalue weighted by atomic mass is 10.1. The maximum Gasteiger partial charge on any atom is 0.191 e. The van der Waals surface area contributed by atoms with Gasteiger partial charge >= 0.3 is 0 Å². The predicted molar refractivity (Wildman–Crippen MR) is 120 cm³/mol. The van der Waals surface area contributed by atoms with Gasteiger partial charge in [-0.1, -0.05) is 12.1 Å². The Morgan fingerprint density at radius 3 is 2.48 bits per heavy atom. The normalized spacial score (nSPS) is 12.6. The quantitative estimate of drug-likeness (QED) is 0.202. The van der Waals surface area contributed by atoms with Crippen molar-refractivity contribution in [3.8, 4) is 0 Å². The van der Waals surface area contributed by atoms with Gasteiger partial charge in [0.1, 0.15) is 11.9 Å². The van der Waals surface area contributed by atoms with E-state index >= 15 is 0 Å². The van der Waals surface area contributed by atoms with Gasteiger partial charge < -0.3 is 25.0 Å². The molecule has 1 aromatic rings. The number of methoxy groups -OCH3 is 2. The maximum atomic E-state index is 13.1. The van der Waals surface area contributed by atoms with E-state index in [1.165, 1.54) is 12.1 Å². The smallest absolute Gasteiger partial charge is 0.191 e. The number of benzene rings is 1. The Morgan fingerprint density at radius 2 is 1.89 bits per heavy atom. The van der Waals surface area contributed by atoms with Crippen LogP contribution in [0.3, 0.4) is 0 Å². The van der Waals surface area contributed by atoms with Crippen molar-refractivity contribution in [3.63, 3.8) is 0 Å². The molecule has 0 aliphatic heterocycles. The van der Waals surface area contributed by atoms with Gasteiger partial charge in [-0.2, -0.15) is 0 Å². The van der Waals surface area contributed by atoms with Crippen molar-refractivity contribution in [1.82, 2.24) is 15.5 Å². The average molecular weight is 496 g/mol. The summed E-state index contributed by atoms with van der Waals surface area (Å²) in [6.07, 6.45) is 0.816. The van der Waals surface area contributed by atoms with Crippen molar-refractivity contribution < 1.29 is 13.9 Å². The highest BCUT2D eigenvalue weighted by Gasteiger charge is 2.10. The SMILES string of the molecule is CCNC(=NCC(OC)c1ccc(F)cc1)NCCN(C)CCCOC.I. The van der Waals surface area contributed by atoms with Gasteiger partial charge in [0.25, 0.3) is 0 Å². The summed E-state index contributed by atoms with van der Waals surface area (Å²) in [6.45, 7) is 6.76. The Bertz CT molecular complexity index is 517. The molecule has 8 heteroatoms. The number of hydrogen-bond acceptors (Lipinski definition) is 4. The molecule has 1 atom stereocenters. The largest absolute Gasteiger partial charge is 0.385 e. The molecule has 0 fully saturated rings. The zero-order chi connectivity index (χ0) is 19.2. The summed E-state index contributed by atoms with van der Waals surface area (Å²) < 4.78 is 23.6. The van der Waals surface area contributed by atoms with Crippen molar-refractivity contribution in [2.24, 2.45) is 4.99 Å². The number of halogens is 2. The minimum Gasteiger partial charge on any atom is -0.385 e. The molecule has 2 N–H and O–H groups in total. The number of aliphatic imine (C=N–C) groups is 1. The molecule has 0 bridgehead atoms. The molecule has 27 heavy (non-hydrogen) atoms. The second kappa shape index (κ2) is 16.0. The predicted octanol–water partition coefficient (Wildman–Crippen LogP) is 2.65. The number of likely N-dealkylation sites (N-methyl/N-ethyl adjacent to an activating group) is 1. The molecule has 1 aromatic carbocycles. The van der Waals surface area contributed by atoms with E-state index in [1.54, 1.807) is 26.4 Å². The standard InChI is InChI=1S/C19H33FN4O2.HI/c1-5-21-19(22-11-13-24(2)12-6-14-25-3)23-15-18(26-4)16-7-9-17(20)10-8-16;/h7-10,18H,5-6,11-15H2,1-4H3,(H2,21,22,23);1H. The molecule has 0 aliphatic rings. The van der Waals surface area contributed by atoms with Crippen LogP contribution in [0.25, 0.3) is 0 Å². The van der Waals surface area contributed by atoms with Gasteiger partial charge in [0.2, 0.25) is 0 Å². The highest BCUT2D eigenvalue weighted by Crippen LogP contribution is 2.17. The maximum absolute atomic E-state index is 13.1. The fourth-order valence-electron chi connectivity index (χ4n) is 2.47. The Kier molecular flexibility index (Phi) is 15.5. The monoisotopic (exact) mass is 496 g/mol. The van der Waals surface area contributed by atoms with E-state index in [4.69, 9.17) is 9.47 Å². The van der Waals surface area contributed by atoms with Crippen molar-refractivity contribution in [2.75, 3.05) is 60.6 Å². The number of rotatable bonds is 12. The van der Waals surface area contributed by atoms with Gasteiger partial charge in [0, 0.05) is 47.0 Å². The summed E-state index contributed by atoms with van der Waals surface area (Å²) >= 11 is 0. The van der Waals surface area contributed by atoms with Gasteiger partial charge in [-0.15, -0.1) is 24.0 Å². The van der Waals surface area contributed by atoms with Crippen LogP contribution in [0, 0.1) is 5.82 Å². The number of nitrogens with zero attached hydrogens (tertiary/aromatic N) is 2. The average Bonchev–Trinajstić information content (AvgIpc) is 2.63. The van der Waals surface area contributed by atoms with Gasteiger partial charge in [-0.3, -0.25) is 4.99 Å². The van der Waals surface area contributed by atoms with E-state index < -0.39 is 0 Å². The minimum absolute atomic E-state index is 0. The first-order valence-corrected chi connectivity index (χ1v) is 9.08. The van der Waals surface area contributed by atoms with Crippen LogP contribution in [-0.2, 0) is 9.47 Å². The van der Waals surface area contributed by atoms with Crippen LogP contribution in [0.5, 0.6) is 0 Å². The van der Waals surface area contributed by atoms with Crippen molar-refractivity contribution >= 4 is 29.9 Å². The van der Waals surface area contributed by atoms with E-state index in [-0.39, 0.29) is 35.9 Å². The molecule has 0 heterocycles. The zero-order valence-electron chi connectivity index (χ0n) is 16.8. The minimum atomic E-state index is -0.253. The third kappa shape index (κ3) is 11.5. The molecule has 0 spiro atoms. The van der Waals surface area contributed by atoms with Crippen LogP contribution in [-0.4, -0.2) is 71.5 Å². The lowest BCUT2D eigenvalue weighted by molar-refractivity contribution is 0.111. The number of guanidine groups is 1. The van der Waals surface area contributed by atoms with E-state index in [2.05, 4.69) is 27.6 Å². The number of hydrogen-bond donors (Lipinski definition) is 2. The summed E-state index contributed by atoms with van der Waals surface area (Å²) in [6, 6.07) is 6.34. The third-order valence-electron chi connectivity index (χ3n) is 3.96. The molecular weight excluding hydrogens is 462 g/mol. The Balaban J connectivity index is 0.00000676. The summed E-state index contributed by atoms with van der Waals surface area (Å²) in [5, 5.41) is 6.57. The van der Waals surface area contributed by atoms with Crippen LogP contribution in [0.2, 0.25) is 0 Å². The first kappa shape index (κ1) is 26.0. The Labute approximate surface area is 179 Å².